The minimum absolute atomic E-state index is 0.270. The molecule has 0 bridgehead atoms. The van der Waals surface area contributed by atoms with Gasteiger partial charge in [-0.25, -0.2) is 5.43 Å². The molecule has 5 nitrogen and oxygen atoms in total. The first-order valence-corrected chi connectivity index (χ1v) is 8.83. The topological polar surface area (TPSA) is 63.8 Å². The van der Waals surface area contributed by atoms with Gasteiger partial charge in [-0.2, -0.15) is 5.10 Å². The SMILES string of the molecule is Cc1cc(OCc2ccc(C=NNC(=O)c3ccc(Cl)cc3)o2)ccc1Cl. The summed E-state index contributed by atoms with van der Waals surface area (Å²) >= 11 is 11.8. The van der Waals surface area contributed by atoms with Gasteiger partial charge < -0.3 is 9.15 Å². The van der Waals surface area contributed by atoms with Crippen LogP contribution in [0, 0.1) is 6.92 Å². The molecule has 138 valence electrons. The van der Waals surface area contributed by atoms with Crippen molar-refractivity contribution in [3.8, 4) is 5.75 Å². The first kappa shape index (κ1) is 19.0. The van der Waals surface area contributed by atoms with Crippen LogP contribution in [0.25, 0.3) is 0 Å². The second kappa shape index (κ2) is 8.75. The van der Waals surface area contributed by atoms with Gasteiger partial charge in [-0.1, -0.05) is 23.2 Å². The van der Waals surface area contributed by atoms with Crippen LogP contribution in [-0.2, 0) is 6.61 Å². The van der Waals surface area contributed by atoms with Gasteiger partial charge in [0.25, 0.3) is 5.91 Å². The Bertz CT molecular complexity index is 966. The molecule has 0 aliphatic rings. The van der Waals surface area contributed by atoms with Gasteiger partial charge >= 0.3 is 0 Å². The van der Waals surface area contributed by atoms with Gasteiger partial charge in [0.05, 0.1) is 6.21 Å². The van der Waals surface area contributed by atoms with E-state index >= 15 is 0 Å². The molecule has 3 rings (SSSR count). The highest BCUT2D eigenvalue weighted by Gasteiger charge is 2.05. The Balaban J connectivity index is 1.52. The number of hydrogen-bond acceptors (Lipinski definition) is 4. The number of amides is 1. The molecule has 7 heteroatoms. The molecular formula is C20H16Cl2N2O3. The zero-order valence-electron chi connectivity index (χ0n) is 14.4. The predicted molar refractivity (Wildman–Crippen MR) is 106 cm³/mol. The van der Waals surface area contributed by atoms with Gasteiger partial charge in [0.2, 0.25) is 0 Å². The summed E-state index contributed by atoms with van der Waals surface area (Å²) in [4.78, 5) is 11.9. The number of nitrogens with one attached hydrogen (secondary N) is 1. The van der Waals surface area contributed by atoms with E-state index in [1.54, 1.807) is 48.5 Å². The summed E-state index contributed by atoms with van der Waals surface area (Å²) in [5.41, 5.74) is 3.83. The number of halogens is 2. The Kier molecular flexibility index (Phi) is 6.16. The second-order valence-corrected chi connectivity index (χ2v) is 6.55. The molecule has 0 spiro atoms. The van der Waals surface area contributed by atoms with Crippen LogP contribution >= 0.6 is 23.2 Å². The van der Waals surface area contributed by atoms with E-state index in [4.69, 9.17) is 32.4 Å². The van der Waals surface area contributed by atoms with E-state index in [2.05, 4.69) is 10.5 Å². The summed E-state index contributed by atoms with van der Waals surface area (Å²) in [6.45, 7) is 2.18. The molecule has 0 aliphatic heterocycles. The van der Waals surface area contributed by atoms with E-state index in [1.807, 2.05) is 13.0 Å². The normalized spacial score (nSPS) is 10.9. The number of hydrogen-bond donors (Lipinski definition) is 1. The maximum Gasteiger partial charge on any atom is 0.271 e. The van der Waals surface area contributed by atoms with E-state index in [1.165, 1.54) is 6.21 Å². The van der Waals surface area contributed by atoms with Crippen molar-refractivity contribution in [2.75, 3.05) is 0 Å². The standard InChI is InChI=1S/C20H16Cl2N2O3/c1-13-10-16(8-9-19(13)22)26-12-18-7-6-17(27-18)11-23-24-20(25)14-2-4-15(21)5-3-14/h2-11H,12H2,1H3,(H,24,25). The molecule has 1 N–H and O–H groups in total. The lowest BCUT2D eigenvalue weighted by molar-refractivity contribution is 0.0955. The van der Waals surface area contributed by atoms with E-state index in [0.717, 1.165) is 5.56 Å². The Labute approximate surface area is 166 Å². The largest absolute Gasteiger partial charge is 0.486 e. The van der Waals surface area contributed by atoms with Crippen LogP contribution in [0.3, 0.4) is 0 Å². The Morgan fingerprint density at radius 3 is 2.67 bits per heavy atom. The number of ether oxygens (including phenoxy) is 1. The van der Waals surface area contributed by atoms with Gasteiger partial charge in [-0.15, -0.1) is 0 Å². The molecule has 0 unspecified atom stereocenters. The molecular weight excluding hydrogens is 387 g/mol. The van der Waals surface area contributed by atoms with Crippen molar-refractivity contribution >= 4 is 35.3 Å². The minimum atomic E-state index is -0.337. The molecule has 0 saturated heterocycles. The zero-order valence-corrected chi connectivity index (χ0v) is 15.9. The number of nitrogens with zero attached hydrogens (tertiary/aromatic N) is 1. The summed E-state index contributed by atoms with van der Waals surface area (Å²) in [7, 11) is 0. The van der Waals surface area contributed by atoms with Crippen LogP contribution in [0.15, 0.2) is 64.1 Å². The summed E-state index contributed by atoms with van der Waals surface area (Å²) in [6, 6.07) is 15.5. The average Bonchev–Trinajstić information content (AvgIpc) is 3.11. The van der Waals surface area contributed by atoms with Crippen molar-refractivity contribution in [3.63, 3.8) is 0 Å². The van der Waals surface area contributed by atoms with E-state index < -0.39 is 0 Å². The fourth-order valence-electron chi connectivity index (χ4n) is 2.22. The molecule has 1 heterocycles. The van der Waals surface area contributed by atoms with Crippen LogP contribution in [0.5, 0.6) is 5.75 Å². The quantitative estimate of drug-likeness (QED) is 0.452. The van der Waals surface area contributed by atoms with E-state index in [0.29, 0.717) is 32.9 Å². The molecule has 1 aromatic heterocycles. The van der Waals surface area contributed by atoms with Crippen LogP contribution in [0.1, 0.15) is 27.4 Å². The van der Waals surface area contributed by atoms with Crippen molar-refractivity contribution in [1.29, 1.82) is 0 Å². The molecule has 27 heavy (non-hydrogen) atoms. The van der Waals surface area contributed by atoms with Crippen molar-refractivity contribution in [2.24, 2.45) is 5.10 Å². The average molecular weight is 403 g/mol. The lowest BCUT2D eigenvalue weighted by Crippen LogP contribution is -2.17. The smallest absolute Gasteiger partial charge is 0.271 e. The Hall–Kier alpha value is -2.76. The second-order valence-electron chi connectivity index (χ2n) is 5.71. The van der Waals surface area contributed by atoms with Gasteiger partial charge in [0.1, 0.15) is 23.9 Å². The van der Waals surface area contributed by atoms with Crippen LogP contribution in [-0.4, -0.2) is 12.1 Å². The highest BCUT2D eigenvalue weighted by atomic mass is 35.5. The molecule has 3 aromatic rings. The van der Waals surface area contributed by atoms with E-state index in [9.17, 15) is 4.79 Å². The van der Waals surface area contributed by atoms with Crippen molar-refractivity contribution < 1.29 is 13.9 Å². The number of carbonyl (C=O) groups excluding carboxylic acids is 1. The third-order valence-corrected chi connectivity index (χ3v) is 4.33. The highest BCUT2D eigenvalue weighted by molar-refractivity contribution is 6.31. The summed E-state index contributed by atoms with van der Waals surface area (Å²) in [6.07, 6.45) is 1.42. The lowest BCUT2D eigenvalue weighted by Gasteiger charge is -2.05. The molecule has 0 saturated carbocycles. The third-order valence-electron chi connectivity index (χ3n) is 3.66. The number of carbonyl (C=O) groups is 1. The number of hydrazone groups is 1. The molecule has 0 radical (unpaired) electrons. The summed E-state index contributed by atoms with van der Waals surface area (Å²) < 4.78 is 11.3. The monoisotopic (exact) mass is 402 g/mol. The van der Waals surface area contributed by atoms with Crippen LogP contribution in [0.4, 0.5) is 0 Å². The number of rotatable bonds is 6. The van der Waals surface area contributed by atoms with Crippen molar-refractivity contribution in [3.05, 3.63) is 87.3 Å². The first-order valence-electron chi connectivity index (χ1n) is 8.08. The maximum absolute atomic E-state index is 11.9. The van der Waals surface area contributed by atoms with E-state index in [-0.39, 0.29) is 12.5 Å². The maximum atomic E-state index is 11.9. The molecule has 0 aliphatic carbocycles. The molecule has 1 amide bonds. The van der Waals surface area contributed by atoms with Crippen LogP contribution in [0.2, 0.25) is 10.0 Å². The number of benzene rings is 2. The molecule has 0 fully saturated rings. The zero-order chi connectivity index (χ0) is 19.2. The van der Waals surface area contributed by atoms with Crippen LogP contribution < -0.4 is 10.2 Å². The van der Waals surface area contributed by atoms with Crippen molar-refractivity contribution in [1.82, 2.24) is 5.43 Å². The Morgan fingerprint density at radius 2 is 1.93 bits per heavy atom. The fourth-order valence-corrected chi connectivity index (χ4v) is 2.47. The van der Waals surface area contributed by atoms with Gasteiger partial charge in [0.15, 0.2) is 0 Å². The summed E-state index contributed by atoms with van der Waals surface area (Å²) in [5, 5.41) is 5.14. The molecule has 0 atom stereocenters. The summed E-state index contributed by atoms with van der Waals surface area (Å²) in [5.74, 6) is 1.50. The third kappa shape index (κ3) is 5.36. The Morgan fingerprint density at radius 1 is 1.15 bits per heavy atom. The first-order chi connectivity index (χ1) is 13.0. The number of furan rings is 1. The fraction of sp³-hybridized carbons (Fsp3) is 0.100. The molecule has 2 aromatic carbocycles. The van der Waals surface area contributed by atoms with Crippen molar-refractivity contribution in [2.45, 2.75) is 13.5 Å². The highest BCUT2D eigenvalue weighted by Crippen LogP contribution is 2.22. The minimum Gasteiger partial charge on any atom is -0.486 e. The van der Waals surface area contributed by atoms with Gasteiger partial charge in [0, 0.05) is 15.6 Å². The van der Waals surface area contributed by atoms with Gasteiger partial charge in [-0.05, 0) is 67.1 Å². The van der Waals surface area contributed by atoms with Gasteiger partial charge in [-0.3, -0.25) is 4.79 Å². The predicted octanol–water partition coefficient (Wildman–Crippen LogP) is 5.24. The lowest BCUT2D eigenvalue weighted by atomic mass is 10.2. The number of aryl methyl sites for hydroxylation is 1.